The number of para-hydroxylation sites is 2. The summed E-state index contributed by atoms with van der Waals surface area (Å²) in [6.45, 7) is 3.83. The second-order valence-corrected chi connectivity index (χ2v) is 9.78. The molecule has 168 valence electrons. The van der Waals surface area contributed by atoms with Crippen molar-refractivity contribution in [2.45, 2.75) is 24.8 Å². The molecule has 0 aliphatic heterocycles. The van der Waals surface area contributed by atoms with Gasteiger partial charge in [-0.3, -0.25) is 4.72 Å². The van der Waals surface area contributed by atoms with Gasteiger partial charge in [0.25, 0.3) is 10.0 Å². The number of sulfonamides is 1. The Kier molecular flexibility index (Phi) is 5.27. The van der Waals surface area contributed by atoms with Gasteiger partial charge in [-0.05, 0) is 43.7 Å². The fourth-order valence-electron chi connectivity index (χ4n) is 4.03. The molecule has 5 rings (SSSR count). The Morgan fingerprint density at radius 1 is 0.912 bits per heavy atom. The minimum atomic E-state index is -3.97. The van der Waals surface area contributed by atoms with Gasteiger partial charge in [0.05, 0.1) is 22.0 Å². The van der Waals surface area contributed by atoms with Gasteiger partial charge in [0.2, 0.25) is 0 Å². The van der Waals surface area contributed by atoms with Crippen LogP contribution in [0.5, 0.6) is 0 Å². The summed E-state index contributed by atoms with van der Waals surface area (Å²) in [7, 11) is -3.97. The summed E-state index contributed by atoms with van der Waals surface area (Å²) < 4.78 is 31.1. The molecule has 0 fully saturated rings. The molecule has 5 aromatic rings. The minimum absolute atomic E-state index is 0.109. The third-order valence-electron chi connectivity index (χ3n) is 5.84. The predicted molar refractivity (Wildman–Crippen MR) is 132 cm³/mol. The van der Waals surface area contributed by atoms with Gasteiger partial charge in [0.1, 0.15) is 23.0 Å². The van der Waals surface area contributed by atoms with Crippen molar-refractivity contribution in [2.24, 2.45) is 0 Å². The van der Waals surface area contributed by atoms with Crippen LogP contribution < -0.4 is 4.72 Å². The highest BCUT2D eigenvalue weighted by Crippen LogP contribution is 2.35. The van der Waals surface area contributed by atoms with E-state index in [1.807, 2.05) is 68.4 Å². The lowest BCUT2D eigenvalue weighted by atomic mass is 10.1. The molecule has 0 radical (unpaired) electrons. The molecule has 8 heteroatoms. The normalized spacial score (nSPS) is 12.5. The van der Waals surface area contributed by atoms with Crippen molar-refractivity contribution < 1.29 is 8.42 Å². The third kappa shape index (κ3) is 3.66. The molecular weight excluding hydrogens is 446 g/mol. The summed E-state index contributed by atoms with van der Waals surface area (Å²) >= 11 is 0. The zero-order valence-electron chi connectivity index (χ0n) is 18.6. The van der Waals surface area contributed by atoms with E-state index in [9.17, 15) is 13.7 Å². The molecule has 34 heavy (non-hydrogen) atoms. The Labute approximate surface area is 197 Å². The van der Waals surface area contributed by atoms with Crippen molar-refractivity contribution in [1.29, 1.82) is 5.26 Å². The predicted octanol–water partition coefficient (Wildman–Crippen LogP) is 5.17. The number of rotatable bonds is 5. The molecule has 3 aromatic carbocycles. The average molecular weight is 468 g/mol. The first-order valence-electron chi connectivity index (χ1n) is 10.7. The first-order valence-corrected chi connectivity index (χ1v) is 12.2. The minimum Gasteiger partial charge on any atom is -0.302 e. The maximum atomic E-state index is 13.3. The van der Waals surface area contributed by atoms with Crippen LogP contribution in [-0.4, -0.2) is 23.0 Å². The van der Waals surface area contributed by atoms with Gasteiger partial charge >= 0.3 is 0 Å². The van der Waals surface area contributed by atoms with Crippen LogP contribution in [0.1, 0.15) is 29.7 Å². The SMILES string of the molecule is Cc1ccc(S(=O)(=O)Nc2c(C#N)c3nc4ccccc4nc3n2[C@H](C)c2ccccc2)cc1. The van der Waals surface area contributed by atoms with E-state index in [0.717, 1.165) is 11.1 Å². The second kappa shape index (κ2) is 8.28. The van der Waals surface area contributed by atoms with Gasteiger partial charge < -0.3 is 4.57 Å². The largest absolute Gasteiger partial charge is 0.302 e. The number of aryl methyl sites for hydroxylation is 1. The van der Waals surface area contributed by atoms with E-state index in [1.165, 1.54) is 0 Å². The molecule has 0 unspecified atom stereocenters. The van der Waals surface area contributed by atoms with Crippen LogP contribution in [0.3, 0.4) is 0 Å². The lowest BCUT2D eigenvalue weighted by Gasteiger charge is -2.19. The number of nitrogens with zero attached hydrogens (tertiary/aromatic N) is 4. The van der Waals surface area contributed by atoms with E-state index in [2.05, 4.69) is 15.8 Å². The zero-order chi connectivity index (χ0) is 23.9. The Morgan fingerprint density at radius 3 is 2.18 bits per heavy atom. The first kappa shape index (κ1) is 21.6. The lowest BCUT2D eigenvalue weighted by Crippen LogP contribution is -2.19. The molecule has 0 bridgehead atoms. The number of hydrogen-bond donors (Lipinski definition) is 1. The second-order valence-electron chi connectivity index (χ2n) is 8.10. The first-order chi connectivity index (χ1) is 16.4. The van der Waals surface area contributed by atoms with Crippen LogP contribution in [-0.2, 0) is 10.0 Å². The molecule has 0 saturated heterocycles. The van der Waals surface area contributed by atoms with Crippen LogP contribution in [0, 0.1) is 18.3 Å². The molecule has 1 atom stereocenters. The van der Waals surface area contributed by atoms with Gasteiger partial charge in [-0.15, -0.1) is 0 Å². The fourth-order valence-corrected chi connectivity index (χ4v) is 5.10. The molecule has 0 aliphatic carbocycles. The van der Waals surface area contributed by atoms with Gasteiger partial charge in [-0.25, -0.2) is 18.4 Å². The third-order valence-corrected chi connectivity index (χ3v) is 7.19. The van der Waals surface area contributed by atoms with Crippen LogP contribution in [0.25, 0.3) is 22.2 Å². The molecule has 2 heterocycles. The molecule has 0 amide bonds. The number of benzene rings is 3. The molecule has 7 nitrogen and oxygen atoms in total. The van der Waals surface area contributed by atoms with Gasteiger partial charge in [-0.1, -0.05) is 60.2 Å². The Hall–Kier alpha value is -4.22. The van der Waals surface area contributed by atoms with Crippen molar-refractivity contribution in [3.8, 4) is 6.07 Å². The van der Waals surface area contributed by atoms with Crippen molar-refractivity contribution in [2.75, 3.05) is 4.72 Å². The summed E-state index contributed by atoms with van der Waals surface area (Å²) in [6, 6.07) is 25.4. The molecular formula is C26H21N5O2S. The van der Waals surface area contributed by atoms with E-state index in [0.29, 0.717) is 22.2 Å². The molecule has 1 N–H and O–H groups in total. The molecule has 0 saturated carbocycles. The smallest absolute Gasteiger partial charge is 0.263 e. The van der Waals surface area contributed by atoms with Crippen molar-refractivity contribution in [3.63, 3.8) is 0 Å². The molecule has 2 aromatic heterocycles. The summed E-state index contributed by atoms with van der Waals surface area (Å²) in [5.41, 5.74) is 4.10. The summed E-state index contributed by atoms with van der Waals surface area (Å²) in [4.78, 5) is 9.57. The van der Waals surface area contributed by atoms with E-state index >= 15 is 0 Å². The van der Waals surface area contributed by atoms with Crippen molar-refractivity contribution in [3.05, 3.63) is 95.6 Å². The topological polar surface area (TPSA) is 101 Å². The zero-order valence-corrected chi connectivity index (χ0v) is 19.4. The highest BCUT2D eigenvalue weighted by atomic mass is 32.2. The average Bonchev–Trinajstić information content (AvgIpc) is 3.13. The highest BCUT2D eigenvalue weighted by Gasteiger charge is 2.28. The van der Waals surface area contributed by atoms with Crippen LogP contribution in [0.15, 0.2) is 83.8 Å². The van der Waals surface area contributed by atoms with Gasteiger partial charge in [0.15, 0.2) is 5.65 Å². The number of nitrogens with one attached hydrogen (secondary N) is 1. The Balaban J connectivity index is 1.79. The highest BCUT2D eigenvalue weighted by molar-refractivity contribution is 7.92. The molecule has 0 aliphatic rings. The summed E-state index contributed by atoms with van der Waals surface area (Å²) in [5, 5.41) is 10.1. The number of aromatic nitrogens is 3. The lowest BCUT2D eigenvalue weighted by molar-refractivity contribution is 0.599. The number of anilines is 1. The van der Waals surface area contributed by atoms with Gasteiger partial charge in [0, 0.05) is 0 Å². The van der Waals surface area contributed by atoms with E-state index < -0.39 is 10.0 Å². The Bertz CT molecular complexity index is 1670. The van der Waals surface area contributed by atoms with E-state index in [4.69, 9.17) is 4.98 Å². The summed E-state index contributed by atoms with van der Waals surface area (Å²) in [6.07, 6.45) is 0. The molecule has 0 spiro atoms. The monoisotopic (exact) mass is 467 g/mol. The van der Waals surface area contributed by atoms with Crippen molar-refractivity contribution in [1.82, 2.24) is 14.5 Å². The maximum Gasteiger partial charge on any atom is 0.263 e. The van der Waals surface area contributed by atoms with Crippen LogP contribution in [0.2, 0.25) is 0 Å². The fraction of sp³-hybridized carbons (Fsp3) is 0.115. The van der Waals surface area contributed by atoms with Crippen LogP contribution in [0.4, 0.5) is 5.82 Å². The van der Waals surface area contributed by atoms with Gasteiger partial charge in [-0.2, -0.15) is 5.26 Å². The maximum absolute atomic E-state index is 13.3. The number of fused-ring (bicyclic) bond motifs is 2. The number of hydrogen-bond acceptors (Lipinski definition) is 5. The quantitative estimate of drug-likeness (QED) is 0.384. The van der Waals surface area contributed by atoms with E-state index in [-0.39, 0.29) is 22.3 Å². The van der Waals surface area contributed by atoms with Crippen LogP contribution >= 0.6 is 0 Å². The van der Waals surface area contributed by atoms with E-state index in [1.54, 1.807) is 28.8 Å². The van der Waals surface area contributed by atoms with Crippen molar-refractivity contribution >= 4 is 38.0 Å². The Morgan fingerprint density at radius 2 is 1.53 bits per heavy atom. The summed E-state index contributed by atoms with van der Waals surface area (Å²) in [5.74, 6) is 0.143. The standard InChI is InChI=1S/C26H21N5O2S/c1-17-12-14-20(15-13-17)34(32,33)30-25-21(16-27)24-26(29-23-11-7-6-10-22(23)28-24)31(25)18(2)19-8-4-3-5-9-19/h3-15,18,30H,1-2H3/t18-/m1/s1. The number of nitriles is 1.